The van der Waals surface area contributed by atoms with Gasteiger partial charge < -0.3 is 10.1 Å². The van der Waals surface area contributed by atoms with E-state index in [4.69, 9.17) is 5.11 Å². The van der Waals surface area contributed by atoms with Gasteiger partial charge in [0.2, 0.25) is 0 Å². The number of aromatic amines is 1. The van der Waals surface area contributed by atoms with E-state index >= 15 is 0 Å². The minimum absolute atomic E-state index is 0.100. The molecule has 0 saturated carbocycles. The van der Waals surface area contributed by atoms with Gasteiger partial charge in [0, 0.05) is 10.7 Å². The zero-order valence-corrected chi connectivity index (χ0v) is 9.56. The Kier molecular flexibility index (Phi) is 2.66. The fraction of sp³-hybridized carbons (Fsp3) is 0. The molecular weight excluding hydrogens is 276 g/mol. The minimum atomic E-state index is -1.16. The van der Waals surface area contributed by atoms with Crippen molar-refractivity contribution in [3.8, 4) is 5.69 Å². The van der Waals surface area contributed by atoms with Crippen molar-refractivity contribution in [2.75, 3.05) is 0 Å². The Morgan fingerprint density at radius 3 is 2.69 bits per heavy atom. The summed E-state index contributed by atoms with van der Waals surface area (Å²) >= 11 is 3.27. The number of hydrogen-bond acceptors (Lipinski definition) is 2. The van der Waals surface area contributed by atoms with Crippen LogP contribution in [-0.2, 0) is 0 Å². The number of carboxylic acid groups (broad SMARTS) is 1. The molecule has 0 aliphatic rings. The highest BCUT2D eigenvalue weighted by Gasteiger charge is 2.15. The topological polar surface area (TPSA) is 75.1 Å². The minimum Gasteiger partial charge on any atom is -0.477 e. The van der Waals surface area contributed by atoms with E-state index in [9.17, 15) is 9.59 Å². The summed E-state index contributed by atoms with van der Waals surface area (Å²) in [4.78, 5) is 24.8. The maximum atomic E-state index is 11.5. The Morgan fingerprint density at radius 1 is 1.38 bits per heavy atom. The lowest BCUT2D eigenvalue weighted by Crippen LogP contribution is -2.19. The van der Waals surface area contributed by atoms with Crippen molar-refractivity contribution in [1.29, 1.82) is 0 Å². The van der Waals surface area contributed by atoms with E-state index < -0.39 is 11.7 Å². The van der Waals surface area contributed by atoms with E-state index in [1.807, 2.05) is 0 Å². The van der Waals surface area contributed by atoms with Gasteiger partial charge >= 0.3 is 11.7 Å². The Balaban J connectivity index is 2.74. The van der Waals surface area contributed by atoms with E-state index in [1.54, 1.807) is 24.3 Å². The number of aromatic nitrogens is 2. The van der Waals surface area contributed by atoms with Gasteiger partial charge in [-0.15, -0.1) is 0 Å². The maximum absolute atomic E-state index is 11.5. The molecule has 0 atom stereocenters. The van der Waals surface area contributed by atoms with Crippen LogP contribution in [-0.4, -0.2) is 20.6 Å². The monoisotopic (exact) mass is 282 g/mol. The molecule has 0 spiro atoms. The van der Waals surface area contributed by atoms with Crippen LogP contribution in [0.4, 0.5) is 0 Å². The van der Waals surface area contributed by atoms with Crippen molar-refractivity contribution in [2.24, 2.45) is 0 Å². The molecule has 6 heteroatoms. The number of imidazole rings is 1. The highest BCUT2D eigenvalue weighted by atomic mass is 79.9. The molecule has 1 heterocycles. The summed E-state index contributed by atoms with van der Waals surface area (Å²) in [6, 6.07) is 6.91. The zero-order valence-electron chi connectivity index (χ0n) is 7.98. The van der Waals surface area contributed by atoms with Gasteiger partial charge in [0.15, 0.2) is 5.69 Å². The lowest BCUT2D eigenvalue weighted by atomic mass is 10.3. The van der Waals surface area contributed by atoms with E-state index in [-0.39, 0.29) is 5.69 Å². The first kappa shape index (κ1) is 10.7. The summed E-state index contributed by atoms with van der Waals surface area (Å²) in [6.45, 7) is 0. The van der Waals surface area contributed by atoms with Crippen LogP contribution >= 0.6 is 15.9 Å². The summed E-state index contributed by atoms with van der Waals surface area (Å²) in [6.07, 6.45) is 1.17. The Hall–Kier alpha value is -1.82. The molecule has 0 amide bonds. The molecular formula is C10H7BrN2O3. The quantitative estimate of drug-likeness (QED) is 0.879. The van der Waals surface area contributed by atoms with Crippen molar-refractivity contribution in [1.82, 2.24) is 9.55 Å². The molecule has 5 nitrogen and oxygen atoms in total. The molecule has 0 aliphatic heterocycles. The Morgan fingerprint density at radius 2 is 2.06 bits per heavy atom. The second kappa shape index (κ2) is 3.97. The first-order chi connectivity index (χ1) is 7.61. The number of halogens is 1. The molecule has 0 radical (unpaired) electrons. The number of nitrogens with zero attached hydrogens (tertiary/aromatic N) is 1. The van der Waals surface area contributed by atoms with Gasteiger partial charge in [0.05, 0.1) is 5.69 Å². The predicted molar refractivity (Wildman–Crippen MR) is 61.0 cm³/mol. The number of rotatable bonds is 2. The number of carbonyl (C=O) groups is 1. The molecule has 16 heavy (non-hydrogen) atoms. The van der Waals surface area contributed by atoms with Crippen LogP contribution in [0.3, 0.4) is 0 Å². The first-order valence-corrected chi connectivity index (χ1v) is 5.19. The van der Waals surface area contributed by atoms with E-state index in [2.05, 4.69) is 20.9 Å². The second-order valence-corrected chi connectivity index (χ2v) is 3.93. The Bertz CT molecular complexity index is 600. The van der Waals surface area contributed by atoms with Gasteiger partial charge in [-0.25, -0.2) is 9.59 Å². The molecule has 1 aromatic carbocycles. The summed E-state index contributed by atoms with van der Waals surface area (Å²) in [5.41, 5.74) is -0.0904. The number of benzene rings is 1. The van der Waals surface area contributed by atoms with Crippen LogP contribution < -0.4 is 5.69 Å². The average molecular weight is 283 g/mol. The summed E-state index contributed by atoms with van der Waals surface area (Å²) in [5, 5.41) is 8.94. The van der Waals surface area contributed by atoms with E-state index in [1.165, 1.54) is 6.20 Å². The van der Waals surface area contributed by atoms with Crippen molar-refractivity contribution in [2.45, 2.75) is 0 Å². The molecule has 0 unspecified atom stereocenters. The smallest absolute Gasteiger partial charge is 0.354 e. The molecule has 1 aromatic heterocycles. The lowest BCUT2D eigenvalue weighted by molar-refractivity contribution is 0.0688. The molecule has 0 saturated heterocycles. The third-order valence-electron chi connectivity index (χ3n) is 2.09. The average Bonchev–Trinajstić information content (AvgIpc) is 2.61. The number of aromatic carboxylic acids is 1. The summed E-state index contributed by atoms with van der Waals surface area (Å²) < 4.78 is 1.76. The van der Waals surface area contributed by atoms with Gasteiger partial charge in [-0.1, -0.05) is 12.1 Å². The fourth-order valence-corrected chi connectivity index (χ4v) is 1.86. The SMILES string of the molecule is O=C(O)c1c[nH]c(=O)n1-c1ccccc1Br. The van der Waals surface area contributed by atoms with Crippen LogP contribution in [0.5, 0.6) is 0 Å². The maximum Gasteiger partial charge on any atom is 0.354 e. The fourth-order valence-electron chi connectivity index (χ4n) is 1.40. The molecule has 0 fully saturated rings. The normalized spacial score (nSPS) is 10.3. The van der Waals surface area contributed by atoms with Crippen LogP contribution in [0.25, 0.3) is 5.69 Å². The third kappa shape index (κ3) is 1.67. The van der Waals surface area contributed by atoms with Crippen molar-refractivity contribution in [3.05, 3.63) is 51.1 Å². The van der Waals surface area contributed by atoms with E-state index in [0.717, 1.165) is 4.57 Å². The van der Waals surface area contributed by atoms with E-state index in [0.29, 0.717) is 10.2 Å². The largest absolute Gasteiger partial charge is 0.477 e. The lowest BCUT2D eigenvalue weighted by Gasteiger charge is -2.05. The first-order valence-electron chi connectivity index (χ1n) is 4.40. The predicted octanol–water partition coefficient (Wildman–Crippen LogP) is 1.63. The summed E-state index contributed by atoms with van der Waals surface area (Å²) in [7, 11) is 0. The van der Waals surface area contributed by atoms with Crippen LogP contribution in [0, 0.1) is 0 Å². The van der Waals surface area contributed by atoms with Gasteiger partial charge in [0.25, 0.3) is 0 Å². The van der Waals surface area contributed by atoms with Crippen molar-refractivity contribution in [3.63, 3.8) is 0 Å². The second-order valence-electron chi connectivity index (χ2n) is 3.07. The number of nitrogens with one attached hydrogen (secondary N) is 1. The van der Waals surface area contributed by atoms with Gasteiger partial charge in [-0.3, -0.25) is 4.57 Å². The highest BCUT2D eigenvalue weighted by Crippen LogP contribution is 2.20. The molecule has 2 N–H and O–H groups in total. The molecule has 0 aliphatic carbocycles. The number of H-pyrrole nitrogens is 1. The van der Waals surface area contributed by atoms with Crippen LogP contribution in [0.1, 0.15) is 10.5 Å². The van der Waals surface area contributed by atoms with Gasteiger partial charge in [0.1, 0.15) is 0 Å². The summed E-state index contributed by atoms with van der Waals surface area (Å²) in [5.74, 6) is -1.16. The molecule has 2 aromatic rings. The van der Waals surface area contributed by atoms with Gasteiger partial charge in [-0.2, -0.15) is 0 Å². The molecule has 2 rings (SSSR count). The third-order valence-corrected chi connectivity index (χ3v) is 2.76. The van der Waals surface area contributed by atoms with Crippen LogP contribution in [0.15, 0.2) is 39.7 Å². The van der Waals surface area contributed by atoms with Crippen molar-refractivity contribution < 1.29 is 9.90 Å². The number of carboxylic acids is 1. The van der Waals surface area contributed by atoms with Crippen LogP contribution in [0.2, 0.25) is 0 Å². The van der Waals surface area contributed by atoms with Crippen molar-refractivity contribution >= 4 is 21.9 Å². The standard InChI is InChI=1S/C10H7BrN2O3/c11-6-3-1-2-4-7(6)13-8(9(14)15)5-12-10(13)16/h1-5H,(H,12,16)(H,14,15). The number of hydrogen-bond donors (Lipinski definition) is 2. The zero-order chi connectivity index (χ0) is 11.7. The molecule has 0 bridgehead atoms. The number of para-hydroxylation sites is 1. The Labute approximate surface area is 98.5 Å². The molecule has 82 valence electrons. The van der Waals surface area contributed by atoms with Gasteiger partial charge in [-0.05, 0) is 28.1 Å². The highest BCUT2D eigenvalue weighted by molar-refractivity contribution is 9.10.